The van der Waals surface area contributed by atoms with Gasteiger partial charge in [-0.05, 0) is 19.4 Å². The van der Waals surface area contributed by atoms with Gasteiger partial charge in [0.1, 0.15) is 11.6 Å². The fourth-order valence-electron chi connectivity index (χ4n) is 1.95. The summed E-state index contributed by atoms with van der Waals surface area (Å²) in [5.74, 6) is -1.38. The van der Waals surface area contributed by atoms with Crippen LogP contribution in [-0.4, -0.2) is 23.0 Å². The van der Waals surface area contributed by atoms with Gasteiger partial charge in [0.15, 0.2) is 5.76 Å². The van der Waals surface area contributed by atoms with E-state index in [4.69, 9.17) is 9.52 Å². The largest absolute Gasteiger partial charge is 0.480 e. The lowest BCUT2D eigenvalue weighted by atomic mass is 10.1. The number of carbonyl (C=O) groups is 2. The topological polar surface area (TPSA) is 79.5 Å². The first-order valence-electron chi connectivity index (χ1n) is 6.06. The fraction of sp³-hybridized carbons (Fsp3) is 0.286. The monoisotopic (exact) mass is 261 g/mol. The van der Waals surface area contributed by atoms with Gasteiger partial charge in [-0.25, -0.2) is 4.79 Å². The lowest BCUT2D eigenvalue weighted by Gasteiger charge is -2.10. The first-order valence-corrected chi connectivity index (χ1v) is 6.06. The second-order valence-corrected chi connectivity index (χ2v) is 4.32. The zero-order valence-electron chi connectivity index (χ0n) is 10.8. The van der Waals surface area contributed by atoms with Crippen molar-refractivity contribution < 1.29 is 19.1 Å². The van der Waals surface area contributed by atoms with Crippen molar-refractivity contribution in [3.63, 3.8) is 0 Å². The van der Waals surface area contributed by atoms with E-state index in [0.29, 0.717) is 17.6 Å². The Morgan fingerprint density at radius 3 is 2.63 bits per heavy atom. The minimum Gasteiger partial charge on any atom is -0.480 e. The van der Waals surface area contributed by atoms with Crippen molar-refractivity contribution in [1.29, 1.82) is 0 Å². The van der Waals surface area contributed by atoms with Crippen LogP contribution in [-0.2, 0) is 4.79 Å². The van der Waals surface area contributed by atoms with Crippen LogP contribution >= 0.6 is 0 Å². The number of fused-ring (bicyclic) bond motifs is 1. The number of carboxylic acids is 1. The third-order valence-electron chi connectivity index (χ3n) is 3.06. The molecule has 0 saturated heterocycles. The van der Waals surface area contributed by atoms with Crippen molar-refractivity contribution in [2.24, 2.45) is 0 Å². The smallest absolute Gasteiger partial charge is 0.326 e. The first kappa shape index (κ1) is 13.1. The standard InChI is InChI=1S/C14H15NO4/c1-3-10(14(17)18)15-13(16)12-8(2)9-6-4-5-7-11(9)19-12/h4-7,10H,3H2,1-2H3,(H,15,16)(H,17,18). The van der Waals surface area contributed by atoms with E-state index in [9.17, 15) is 9.59 Å². The Labute approximate surface area is 110 Å². The third kappa shape index (κ3) is 2.45. The van der Waals surface area contributed by atoms with E-state index in [0.717, 1.165) is 5.39 Å². The van der Waals surface area contributed by atoms with Gasteiger partial charge in [-0.3, -0.25) is 4.79 Å². The second-order valence-electron chi connectivity index (χ2n) is 4.32. The van der Waals surface area contributed by atoms with Gasteiger partial charge in [0.25, 0.3) is 5.91 Å². The molecule has 100 valence electrons. The van der Waals surface area contributed by atoms with Crippen LogP contribution in [0.2, 0.25) is 0 Å². The maximum atomic E-state index is 12.0. The Balaban J connectivity index is 2.31. The molecule has 0 radical (unpaired) electrons. The number of furan rings is 1. The lowest BCUT2D eigenvalue weighted by Crippen LogP contribution is -2.40. The molecule has 2 aromatic rings. The minimum atomic E-state index is -1.05. The number of para-hydroxylation sites is 1. The van der Waals surface area contributed by atoms with Crippen molar-refractivity contribution in [3.8, 4) is 0 Å². The number of nitrogens with one attached hydrogen (secondary N) is 1. The molecule has 0 spiro atoms. The lowest BCUT2D eigenvalue weighted by molar-refractivity contribution is -0.139. The molecule has 5 nitrogen and oxygen atoms in total. The Morgan fingerprint density at radius 1 is 1.37 bits per heavy atom. The number of benzene rings is 1. The maximum absolute atomic E-state index is 12.0. The van der Waals surface area contributed by atoms with E-state index in [1.807, 2.05) is 18.2 Å². The summed E-state index contributed by atoms with van der Waals surface area (Å²) in [5, 5.41) is 12.2. The number of rotatable bonds is 4. The molecule has 0 aliphatic heterocycles. The Morgan fingerprint density at radius 2 is 2.05 bits per heavy atom. The van der Waals surface area contributed by atoms with E-state index in [1.54, 1.807) is 19.9 Å². The second kappa shape index (κ2) is 5.14. The summed E-state index contributed by atoms with van der Waals surface area (Å²) >= 11 is 0. The predicted molar refractivity (Wildman–Crippen MR) is 70.1 cm³/mol. The number of aryl methyl sites for hydroxylation is 1. The number of hydrogen-bond acceptors (Lipinski definition) is 3. The van der Waals surface area contributed by atoms with Crippen molar-refractivity contribution in [1.82, 2.24) is 5.32 Å². The number of hydrogen-bond donors (Lipinski definition) is 2. The molecule has 1 amide bonds. The molecule has 1 unspecified atom stereocenters. The van der Waals surface area contributed by atoms with Crippen molar-refractivity contribution in [2.75, 3.05) is 0 Å². The third-order valence-corrected chi connectivity index (χ3v) is 3.06. The minimum absolute atomic E-state index is 0.168. The highest BCUT2D eigenvalue weighted by Crippen LogP contribution is 2.24. The summed E-state index contributed by atoms with van der Waals surface area (Å²) in [6.07, 6.45) is 0.320. The van der Waals surface area contributed by atoms with Gasteiger partial charge in [-0.1, -0.05) is 25.1 Å². The molecule has 0 fully saturated rings. The SMILES string of the molecule is CCC(NC(=O)c1oc2ccccc2c1C)C(=O)O. The molecule has 1 aromatic carbocycles. The molecule has 0 aliphatic rings. The zero-order valence-corrected chi connectivity index (χ0v) is 10.8. The number of aliphatic carboxylic acids is 1. The predicted octanol–water partition coefficient (Wildman–Crippen LogP) is 2.33. The summed E-state index contributed by atoms with van der Waals surface area (Å²) in [6.45, 7) is 3.48. The van der Waals surface area contributed by atoms with Crippen LogP contribution in [0.5, 0.6) is 0 Å². The van der Waals surface area contributed by atoms with E-state index in [-0.39, 0.29) is 5.76 Å². The van der Waals surface area contributed by atoms with Crippen LogP contribution in [0, 0.1) is 6.92 Å². The molecular formula is C14H15NO4. The average Bonchev–Trinajstić information content (AvgIpc) is 2.73. The normalized spacial score (nSPS) is 12.3. The molecule has 0 saturated carbocycles. The molecule has 1 heterocycles. The van der Waals surface area contributed by atoms with Crippen molar-refractivity contribution >= 4 is 22.8 Å². The average molecular weight is 261 g/mol. The molecule has 2 rings (SSSR count). The van der Waals surface area contributed by atoms with Crippen LogP contribution in [0.3, 0.4) is 0 Å². The van der Waals surface area contributed by atoms with Gasteiger partial charge in [-0.15, -0.1) is 0 Å². The highest BCUT2D eigenvalue weighted by molar-refractivity contribution is 6.00. The highest BCUT2D eigenvalue weighted by Gasteiger charge is 2.23. The number of carbonyl (C=O) groups excluding carboxylic acids is 1. The van der Waals surface area contributed by atoms with Crippen molar-refractivity contribution in [3.05, 3.63) is 35.6 Å². The summed E-state index contributed by atoms with van der Waals surface area (Å²) in [5.41, 5.74) is 1.34. The summed E-state index contributed by atoms with van der Waals surface area (Å²) in [4.78, 5) is 22.9. The molecule has 5 heteroatoms. The van der Waals surface area contributed by atoms with Gasteiger partial charge >= 0.3 is 5.97 Å². The van der Waals surface area contributed by atoms with Crippen molar-refractivity contribution in [2.45, 2.75) is 26.3 Å². The molecule has 1 aromatic heterocycles. The molecule has 0 aliphatic carbocycles. The molecule has 2 N–H and O–H groups in total. The van der Waals surface area contributed by atoms with Crippen LogP contribution in [0.1, 0.15) is 29.5 Å². The molecule has 0 bridgehead atoms. The van der Waals surface area contributed by atoms with Gasteiger partial charge in [0.05, 0.1) is 0 Å². The van der Waals surface area contributed by atoms with Gasteiger partial charge in [0.2, 0.25) is 0 Å². The Kier molecular flexibility index (Phi) is 3.55. The maximum Gasteiger partial charge on any atom is 0.326 e. The Bertz CT molecular complexity index is 629. The summed E-state index contributed by atoms with van der Waals surface area (Å²) in [6, 6.07) is 6.41. The van der Waals surface area contributed by atoms with Gasteiger partial charge < -0.3 is 14.8 Å². The van der Waals surface area contributed by atoms with Crippen LogP contribution in [0.15, 0.2) is 28.7 Å². The van der Waals surface area contributed by atoms with Gasteiger partial charge in [-0.2, -0.15) is 0 Å². The number of amides is 1. The summed E-state index contributed by atoms with van der Waals surface area (Å²) < 4.78 is 5.48. The summed E-state index contributed by atoms with van der Waals surface area (Å²) in [7, 11) is 0. The van der Waals surface area contributed by atoms with Crippen LogP contribution in [0.25, 0.3) is 11.0 Å². The highest BCUT2D eigenvalue weighted by atomic mass is 16.4. The zero-order chi connectivity index (χ0) is 14.0. The Hall–Kier alpha value is -2.30. The number of carboxylic acid groups (broad SMARTS) is 1. The first-order chi connectivity index (χ1) is 9.04. The van der Waals surface area contributed by atoms with Crippen LogP contribution in [0.4, 0.5) is 0 Å². The molecule has 19 heavy (non-hydrogen) atoms. The van der Waals surface area contributed by atoms with E-state index in [1.165, 1.54) is 0 Å². The quantitative estimate of drug-likeness (QED) is 0.885. The van der Waals surface area contributed by atoms with E-state index >= 15 is 0 Å². The van der Waals surface area contributed by atoms with Gasteiger partial charge in [0, 0.05) is 10.9 Å². The van der Waals surface area contributed by atoms with E-state index < -0.39 is 17.9 Å². The fourth-order valence-corrected chi connectivity index (χ4v) is 1.95. The molecular weight excluding hydrogens is 246 g/mol. The van der Waals surface area contributed by atoms with Crippen LogP contribution < -0.4 is 5.32 Å². The molecule has 1 atom stereocenters. The van der Waals surface area contributed by atoms with E-state index in [2.05, 4.69) is 5.32 Å².